The van der Waals surface area contributed by atoms with E-state index in [1.165, 1.54) is 18.2 Å². The van der Waals surface area contributed by atoms with Gasteiger partial charge in [0, 0.05) is 43.9 Å². The summed E-state index contributed by atoms with van der Waals surface area (Å²) in [6, 6.07) is 0.285. The molecule has 6 nitrogen and oxygen atoms in total. The van der Waals surface area contributed by atoms with Gasteiger partial charge in [-0.15, -0.1) is 0 Å². The van der Waals surface area contributed by atoms with Crippen molar-refractivity contribution in [2.75, 3.05) is 13.1 Å². The number of aryl methyl sites for hydroxylation is 1. The Labute approximate surface area is 150 Å². The standard InChI is InChI=1S/C19H32N4O2/c1-11(2)23-13(4)17(12(3)21-23)10-22-8-15-6-18(20-14(5)24)19(25)7-16(15)9-22/h11,15-16,18-19,25H,6-10H2,1-5H3,(H,20,24)/t15-,16+,18-,19-/m1/s1. The Kier molecular flexibility index (Phi) is 5.21. The van der Waals surface area contributed by atoms with Gasteiger partial charge in [-0.2, -0.15) is 5.10 Å². The van der Waals surface area contributed by atoms with E-state index in [1.54, 1.807) is 0 Å². The van der Waals surface area contributed by atoms with Crippen LogP contribution >= 0.6 is 0 Å². The monoisotopic (exact) mass is 348 g/mol. The molecule has 140 valence electrons. The third-order valence-electron chi connectivity index (χ3n) is 5.95. The van der Waals surface area contributed by atoms with Gasteiger partial charge in [0.25, 0.3) is 0 Å². The van der Waals surface area contributed by atoms with Crippen molar-refractivity contribution in [3.8, 4) is 0 Å². The Morgan fingerprint density at radius 2 is 1.92 bits per heavy atom. The Morgan fingerprint density at radius 3 is 2.48 bits per heavy atom. The van der Waals surface area contributed by atoms with Crippen LogP contribution in [-0.4, -0.2) is 50.9 Å². The molecule has 1 saturated carbocycles. The van der Waals surface area contributed by atoms with E-state index in [-0.39, 0.29) is 11.9 Å². The molecule has 0 aromatic carbocycles. The van der Waals surface area contributed by atoms with Crippen LogP contribution in [0.1, 0.15) is 56.6 Å². The van der Waals surface area contributed by atoms with E-state index in [0.717, 1.165) is 38.2 Å². The lowest BCUT2D eigenvalue weighted by Gasteiger charge is -2.35. The molecular weight excluding hydrogens is 316 g/mol. The van der Waals surface area contributed by atoms with Crippen molar-refractivity contribution in [1.29, 1.82) is 0 Å². The summed E-state index contributed by atoms with van der Waals surface area (Å²) in [6.45, 7) is 13.1. The Morgan fingerprint density at radius 1 is 1.28 bits per heavy atom. The third kappa shape index (κ3) is 3.75. The van der Waals surface area contributed by atoms with Crippen molar-refractivity contribution in [3.05, 3.63) is 17.0 Å². The molecule has 1 amide bonds. The highest BCUT2D eigenvalue weighted by Gasteiger charge is 2.42. The van der Waals surface area contributed by atoms with Crippen molar-refractivity contribution in [1.82, 2.24) is 20.0 Å². The summed E-state index contributed by atoms with van der Waals surface area (Å²) in [5, 5.41) is 18.0. The molecule has 25 heavy (non-hydrogen) atoms. The largest absolute Gasteiger partial charge is 0.391 e. The van der Waals surface area contributed by atoms with Crippen LogP contribution in [0.4, 0.5) is 0 Å². The summed E-state index contributed by atoms with van der Waals surface area (Å²) in [5.74, 6) is 1.03. The molecule has 1 aromatic rings. The number of aliphatic hydroxyl groups is 1. The van der Waals surface area contributed by atoms with E-state index in [0.29, 0.717) is 17.9 Å². The number of nitrogens with one attached hydrogen (secondary N) is 1. The van der Waals surface area contributed by atoms with Gasteiger partial charge in [0.05, 0.1) is 17.8 Å². The quantitative estimate of drug-likeness (QED) is 0.870. The van der Waals surface area contributed by atoms with Gasteiger partial charge in [-0.25, -0.2) is 0 Å². The average Bonchev–Trinajstić information content (AvgIpc) is 3.02. The summed E-state index contributed by atoms with van der Waals surface area (Å²) < 4.78 is 2.12. The minimum atomic E-state index is -0.419. The van der Waals surface area contributed by atoms with Gasteiger partial charge in [-0.1, -0.05) is 0 Å². The second kappa shape index (κ2) is 7.08. The van der Waals surface area contributed by atoms with Gasteiger partial charge in [-0.3, -0.25) is 14.4 Å². The van der Waals surface area contributed by atoms with E-state index in [1.807, 2.05) is 0 Å². The molecule has 2 fully saturated rings. The first-order valence-corrected chi connectivity index (χ1v) is 9.48. The fourth-order valence-electron chi connectivity index (χ4n) is 4.73. The minimum Gasteiger partial charge on any atom is -0.391 e. The molecule has 2 N–H and O–H groups in total. The molecule has 1 aliphatic carbocycles. The van der Waals surface area contributed by atoms with E-state index in [9.17, 15) is 9.90 Å². The molecule has 4 atom stereocenters. The zero-order valence-corrected chi connectivity index (χ0v) is 16.1. The normalized spacial score (nSPS) is 29.9. The molecule has 0 spiro atoms. The molecule has 0 radical (unpaired) electrons. The summed E-state index contributed by atoms with van der Waals surface area (Å²) in [6.07, 6.45) is 1.25. The lowest BCUT2D eigenvalue weighted by atomic mass is 9.77. The molecule has 0 unspecified atom stereocenters. The summed E-state index contributed by atoms with van der Waals surface area (Å²) >= 11 is 0. The Hall–Kier alpha value is -1.40. The number of hydrogen-bond acceptors (Lipinski definition) is 4. The molecule has 1 aromatic heterocycles. The minimum absolute atomic E-state index is 0.0512. The number of nitrogens with zero attached hydrogens (tertiary/aromatic N) is 3. The zero-order valence-electron chi connectivity index (χ0n) is 16.1. The molecule has 6 heteroatoms. The Balaban J connectivity index is 1.67. The summed E-state index contributed by atoms with van der Waals surface area (Å²) in [5.41, 5.74) is 3.72. The summed E-state index contributed by atoms with van der Waals surface area (Å²) in [7, 11) is 0. The number of fused-ring (bicyclic) bond motifs is 1. The number of likely N-dealkylation sites (tertiary alicyclic amines) is 1. The average molecular weight is 348 g/mol. The number of aromatic nitrogens is 2. The van der Waals surface area contributed by atoms with E-state index < -0.39 is 6.10 Å². The van der Waals surface area contributed by atoms with Gasteiger partial charge >= 0.3 is 0 Å². The Bertz CT molecular complexity index is 640. The second-order valence-corrected chi connectivity index (χ2v) is 8.25. The molecule has 0 bridgehead atoms. The number of aliphatic hydroxyl groups excluding tert-OH is 1. The zero-order chi connectivity index (χ0) is 18.3. The number of rotatable bonds is 4. The first-order valence-electron chi connectivity index (χ1n) is 9.48. The number of carbonyl (C=O) groups is 1. The number of carbonyl (C=O) groups excluding carboxylic acids is 1. The SMILES string of the molecule is CC(=O)N[C@@H]1C[C@@H]2CN(Cc3c(C)nn(C(C)C)c3C)C[C@@H]2C[C@H]1O. The van der Waals surface area contributed by atoms with Crippen LogP contribution in [0.5, 0.6) is 0 Å². The molecular formula is C19H32N4O2. The van der Waals surface area contributed by atoms with E-state index >= 15 is 0 Å². The van der Waals surface area contributed by atoms with E-state index in [2.05, 4.69) is 42.6 Å². The lowest BCUT2D eigenvalue weighted by Crippen LogP contribution is -2.48. The number of hydrogen-bond donors (Lipinski definition) is 2. The van der Waals surface area contributed by atoms with Crippen molar-refractivity contribution in [2.24, 2.45) is 11.8 Å². The van der Waals surface area contributed by atoms with Crippen molar-refractivity contribution >= 4 is 5.91 Å². The lowest BCUT2D eigenvalue weighted by molar-refractivity contribution is -0.121. The number of amides is 1. The third-order valence-corrected chi connectivity index (χ3v) is 5.95. The fourth-order valence-corrected chi connectivity index (χ4v) is 4.73. The highest BCUT2D eigenvalue weighted by Crippen LogP contribution is 2.37. The topological polar surface area (TPSA) is 70.4 Å². The van der Waals surface area contributed by atoms with Crippen molar-refractivity contribution in [3.63, 3.8) is 0 Å². The van der Waals surface area contributed by atoms with Crippen molar-refractivity contribution < 1.29 is 9.90 Å². The van der Waals surface area contributed by atoms with Crippen LogP contribution in [0.25, 0.3) is 0 Å². The van der Waals surface area contributed by atoms with Crippen LogP contribution in [0.15, 0.2) is 0 Å². The molecule has 1 aliphatic heterocycles. The first-order chi connectivity index (χ1) is 11.8. The van der Waals surface area contributed by atoms with Crippen LogP contribution < -0.4 is 5.32 Å². The van der Waals surface area contributed by atoms with Crippen molar-refractivity contribution in [2.45, 2.75) is 72.2 Å². The van der Waals surface area contributed by atoms with Gasteiger partial charge in [-0.05, 0) is 52.4 Å². The molecule has 2 heterocycles. The van der Waals surface area contributed by atoms with Crippen LogP contribution in [0, 0.1) is 25.7 Å². The van der Waals surface area contributed by atoms with Crippen LogP contribution in [0.2, 0.25) is 0 Å². The molecule has 2 aliphatic rings. The summed E-state index contributed by atoms with van der Waals surface area (Å²) in [4.78, 5) is 13.8. The van der Waals surface area contributed by atoms with Gasteiger partial charge in [0.1, 0.15) is 0 Å². The van der Waals surface area contributed by atoms with Gasteiger partial charge < -0.3 is 10.4 Å². The predicted molar refractivity (Wildman–Crippen MR) is 97.2 cm³/mol. The highest BCUT2D eigenvalue weighted by atomic mass is 16.3. The first kappa shape index (κ1) is 18.4. The molecule has 1 saturated heterocycles. The maximum atomic E-state index is 11.3. The fraction of sp³-hybridized carbons (Fsp3) is 0.789. The maximum Gasteiger partial charge on any atom is 0.217 e. The van der Waals surface area contributed by atoms with Crippen LogP contribution in [0.3, 0.4) is 0 Å². The smallest absolute Gasteiger partial charge is 0.217 e. The van der Waals surface area contributed by atoms with Crippen LogP contribution in [-0.2, 0) is 11.3 Å². The predicted octanol–water partition coefficient (Wildman–Crippen LogP) is 1.79. The maximum absolute atomic E-state index is 11.3. The van der Waals surface area contributed by atoms with Gasteiger partial charge in [0.15, 0.2) is 0 Å². The van der Waals surface area contributed by atoms with Gasteiger partial charge in [0.2, 0.25) is 5.91 Å². The highest BCUT2D eigenvalue weighted by molar-refractivity contribution is 5.73. The second-order valence-electron chi connectivity index (χ2n) is 8.25. The molecule has 3 rings (SSSR count). The van der Waals surface area contributed by atoms with E-state index in [4.69, 9.17) is 5.10 Å².